The summed E-state index contributed by atoms with van der Waals surface area (Å²) in [6, 6.07) is 12.4. The third-order valence-corrected chi connectivity index (χ3v) is 14.0. The van der Waals surface area contributed by atoms with E-state index in [1.54, 1.807) is 32.5 Å². The molecule has 4 aromatic rings. The first kappa shape index (κ1) is 49.4. The van der Waals surface area contributed by atoms with Gasteiger partial charge in [0.2, 0.25) is 11.8 Å². The molecule has 6 heterocycles. The number of esters is 1. The molecule has 0 unspecified atom stereocenters. The summed E-state index contributed by atoms with van der Waals surface area (Å²) in [5.41, 5.74) is 9.49. The summed E-state index contributed by atoms with van der Waals surface area (Å²) in [7, 11) is 3.24. The van der Waals surface area contributed by atoms with E-state index in [4.69, 9.17) is 23.9 Å². The van der Waals surface area contributed by atoms with Crippen LogP contribution in [0.4, 0.5) is 4.79 Å². The Bertz CT molecular complexity index is 2590. The van der Waals surface area contributed by atoms with E-state index in [1.165, 1.54) is 14.8 Å². The number of aryl methyl sites for hydroxylation is 1. The first-order valence-corrected chi connectivity index (χ1v) is 24.3. The fourth-order valence-corrected chi connectivity index (χ4v) is 10.3. The lowest BCUT2D eigenvalue weighted by atomic mass is 9.84. The molecule has 0 saturated carbocycles. The molecule has 3 N–H and O–H groups in total. The number of carbonyl (C=O) groups is 5. The number of hydrogen-bond acceptors (Lipinski definition) is 12. The van der Waals surface area contributed by atoms with Gasteiger partial charge in [-0.15, -0.1) is 0 Å². The quantitative estimate of drug-likeness (QED) is 0.162. The van der Waals surface area contributed by atoms with Crippen molar-refractivity contribution in [1.82, 2.24) is 35.1 Å². The van der Waals surface area contributed by atoms with E-state index >= 15 is 0 Å². The number of phenolic OH excluding ortho intramolecular Hbond substituents is 1. The summed E-state index contributed by atoms with van der Waals surface area (Å²) < 4.78 is 24.8. The van der Waals surface area contributed by atoms with Crippen molar-refractivity contribution in [3.63, 3.8) is 0 Å². The van der Waals surface area contributed by atoms with Crippen LogP contribution in [-0.4, -0.2) is 137 Å². The molecule has 0 aliphatic carbocycles. The fourth-order valence-electron chi connectivity index (χ4n) is 10.3. The van der Waals surface area contributed by atoms with E-state index in [-0.39, 0.29) is 55.9 Å². The lowest BCUT2D eigenvalue weighted by Crippen LogP contribution is -2.62. The minimum atomic E-state index is -1.18. The second kappa shape index (κ2) is 20.5. The molecule has 3 saturated heterocycles. The first-order chi connectivity index (χ1) is 33.0. The summed E-state index contributed by atoms with van der Waals surface area (Å²) >= 11 is 0. The molecule has 3 fully saturated rings. The number of nitrogens with one attached hydrogen (secondary N) is 2. The smallest absolute Gasteiger partial charge is 0.410 e. The molecule has 17 nitrogen and oxygen atoms in total. The normalized spacial score (nSPS) is 21.8. The highest BCUT2D eigenvalue weighted by molar-refractivity contribution is 5.96. The van der Waals surface area contributed by atoms with Gasteiger partial charge in [-0.3, -0.25) is 29.2 Å². The maximum atomic E-state index is 14.8. The van der Waals surface area contributed by atoms with Crippen LogP contribution >= 0.6 is 0 Å². The number of likely N-dealkylation sites (N-methyl/N-ethyl adjacent to an activating group) is 1. The summed E-state index contributed by atoms with van der Waals surface area (Å²) in [5, 5.41) is 16.7. The Morgan fingerprint density at radius 1 is 1.04 bits per heavy atom. The van der Waals surface area contributed by atoms with Crippen LogP contribution < -0.4 is 10.7 Å². The third kappa shape index (κ3) is 10.5. The number of pyridine rings is 1. The zero-order chi connectivity index (χ0) is 49.3. The number of ether oxygens (including phenoxy) is 4. The van der Waals surface area contributed by atoms with Crippen molar-refractivity contribution in [1.29, 1.82) is 0 Å². The van der Waals surface area contributed by atoms with E-state index in [1.807, 2.05) is 39.0 Å². The Hall–Kier alpha value is -6.04. The minimum Gasteiger partial charge on any atom is -0.508 e. The summed E-state index contributed by atoms with van der Waals surface area (Å²) in [5.74, 6) is -2.74. The molecule has 5 atom stereocenters. The van der Waals surface area contributed by atoms with E-state index < -0.39 is 53.3 Å². The predicted molar refractivity (Wildman–Crippen MR) is 257 cm³/mol. The van der Waals surface area contributed by atoms with Crippen molar-refractivity contribution in [2.24, 2.45) is 17.3 Å². The molecular formula is C52H67N7O10. The highest BCUT2D eigenvalue weighted by Gasteiger charge is 2.41. The molecule has 0 radical (unpaired) electrons. The molecule has 0 spiro atoms. The van der Waals surface area contributed by atoms with Crippen LogP contribution in [0, 0.1) is 17.3 Å². The molecule has 4 aliphatic heterocycles. The van der Waals surface area contributed by atoms with Gasteiger partial charge in [-0.1, -0.05) is 39.8 Å². The van der Waals surface area contributed by atoms with Gasteiger partial charge in [-0.2, -0.15) is 0 Å². The molecule has 17 heteroatoms. The number of rotatable bonds is 10. The standard InChI is InChI=1S/C52H67N7O10/c1-9-58-43-15-14-33-24-39(43)40(46(58)38-12-10-17-53-44(38)31(4)66-8)25-52(5,6)29-68-50(64)41-13-11-18-59(55-41)49(63)42(22-32-20-35(33)23-36(60)21-32)54-47(61)45(30(2)3)56(7)48(62)34-16-19-57(26-34)51(65)69-37-27-67-28-37/h10,12,14-15,17,20-21,23-24,30-31,34,37,41-42,45,55,60H,9,11,13,16,18-19,22,25-29H2,1-8H3,(H,54,61)/t31-,34-,41-,42-,45-/m0/s1. The second-order valence-corrected chi connectivity index (χ2v) is 20.1. The van der Waals surface area contributed by atoms with Crippen molar-refractivity contribution in [2.75, 3.05) is 53.6 Å². The van der Waals surface area contributed by atoms with Crippen molar-refractivity contribution in [2.45, 2.75) is 111 Å². The number of nitrogens with zero attached hydrogens (tertiary/aromatic N) is 5. The molecule has 8 rings (SSSR count). The number of benzene rings is 2. The van der Waals surface area contributed by atoms with Crippen molar-refractivity contribution in [3.8, 4) is 28.1 Å². The SMILES string of the molecule is CCn1c(-c2cccnc2[C@H](C)OC)c2c3cc(ccc31)-c1cc(O)cc(c1)C[C@H](NC(=O)[C@H](C(C)C)N(C)C(=O)[C@H]1CCN(C(=O)OC3COC3)C1)C(=O)N1CCC[C@H](N1)C(=O)OCC(C)(C)C2. The lowest BCUT2D eigenvalue weighted by Gasteiger charge is -2.37. The summed E-state index contributed by atoms with van der Waals surface area (Å²) in [6.07, 6.45) is 2.55. The molecule has 2 aromatic carbocycles. The highest BCUT2D eigenvalue weighted by atomic mass is 16.6. The van der Waals surface area contributed by atoms with Gasteiger partial charge in [0.1, 0.15) is 23.9 Å². The Kier molecular flexibility index (Phi) is 14.7. The monoisotopic (exact) mass is 949 g/mol. The van der Waals surface area contributed by atoms with Crippen LogP contribution in [0.15, 0.2) is 54.7 Å². The number of fused-ring (bicyclic) bond motifs is 6. The van der Waals surface area contributed by atoms with Gasteiger partial charge in [0.15, 0.2) is 6.10 Å². The number of methoxy groups -OCH3 is 1. The van der Waals surface area contributed by atoms with E-state index in [0.717, 1.165) is 39.0 Å². The molecule has 2 aromatic heterocycles. The van der Waals surface area contributed by atoms with Crippen LogP contribution in [0.2, 0.25) is 0 Å². The maximum Gasteiger partial charge on any atom is 0.410 e. The van der Waals surface area contributed by atoms with Crippen LogP contribution in [0.25, 0.3) is 33.3 Å². The third-order valence-electron chi connectivity index (χ3n) is 14.0. The summed E-state index contributed by atoms with van der Waals surface area (Å²) in [4.78, 5) is 77.9. The summed E-state index contributed by atoms with van der Waals surface area (Å²) in [6.45, 7) is 14.1. The zero-order valence-corrected chi connectivity index (χ0v) is 41.1. The number of hydrazine groups is 1. The van der Waals surface area contributed by atoms with Gasteiger partial charge in [0, 0.05) is 74.8 Å². The van der Waals surface area contributed by atoms with E-state index in [2.05, 4.69) is 54.3 Å². The Morgan fingerprint density at radius 3 is 2.54 bits per heavy atom. The number of carbonyl (C=O) groups excluding carboxylic acids is 5. The molecule has 4 aliphatic rings. The number of cyclic esters (lactones) is 1. The Morgan fingerprint density at radius 2 is 1.83 bits per heavy atom. The number of likely N-dealkylation sites (tertiary alicyclic amines) is 1. The average Bonchev–Trinajstić information content (AvgIpc) is 3.93. The van der Waals surface area contributed by atoms with Crippen LogP contribution in [0.1, 0.15) is 83.7 Å². The van der Waals surface area contributed by atoms with Gasteiger partial charge in [0.25, 0.3) is 5.91 Å². The van der Waals surface area contributed by atoms with Gasteiger partial charge < -0.3 is 43.7 Å². The average molecular weight is 950 g/mol. The number of aromatic nitrogens is 2. The number of hydrogen-bond donors (Lipinski definition) is 3. The number of amides is 4. The van der Waals surface area contributed by atoms with Crippen molar-refractivity contribution < 1.29 is 48.0 Å². The Balaban J connectivity index is 1.16. The lowest BCUT2D eigenvalue weighted by molar-refractivity contribution is -0.155. The first-order valence-electron chi connectivity index (χ1n) is 24.3. The molecule has 4 amide bonds. The molecular weight excluding hydrogens is 883 g/mol. The molecule has 370 valence electrons. The second-order valence-electron chi connectivity index (χ2n) is 20.1. The van der Waals surface area contributed by atoms with Gasteiger partial charge in [-0.05, 0) is 104 Å². The van der Waals surface area contributed by atoms with Crippen LogP contribution in [0.5, 0.6) is 5.75 Å². The highest BCUT2D eigenvalue weighted by Crippen LogP contribution is 2.42. The largest absolute Gasteiger partial charge is 0.508 e. The Labute approximate surface area is 403 Å². The van der Waals surface area contributed by atoms with Crippen LogP contribution in [0.3, 0.4) is 0 Å². The van der Waals surface area contributed by atoms with Gasteiger partial charge in [0.05, 0.1) is 43.2 Å². The fraction of sp³-hybridized carbons (Fsp3) is 0.538. The van der Waals surface area contributed by atoms with Gasteiger partial charge in [-0.25, -0.2) is 10.2 Å². The van der Waals surface area contributed by atoms with E-state index in [0.29, 0.717) is 63.1 Å². The van der Waals surface area contributed by atoms with Crippen LogP contribution in [-0.2, 0) is 57.5 Å². The van der Waals surface area contributed by atoms with Gasteiger partial charge >= 0.3 is 12.1 Å². The maximum absolute atomic E-state index is 14.8. The minimum absolute atomic E-state index is 0.0175. The number of aromatic hydroxyl groups is 1. The predicted octanol–water partition coefficient (Wildman–Crippen LogP) is 5.79. The van der Waals surface area contributed by atoms with Crippen molar-refractivity contribution in [3.05, 3.63) is 71.5 Å². The topological polar surface area (TPSA) is 194 Å². The van der Waals surface area contributed by atoms with E-state index in [9.17, 15) is 29.1 Å². The zero-order valence-electron chi connectivity index (χ0n) is 41.1. The molecule has 6 bridgehead atoms. The van der Waals surface area contributed by atoms with Crippen molar-refractivity contribution >= 4 is 40.7 Å². The molecule has 69 heavy (non-hydrogen) atoms. The number of phenols is 1.